The van der Waals surface area contributed by atoms with Crippen LogP contribution in [0.15, 0.2) is 47.5 Å². The lowest BCUT2D eigenvalue weighted by Gasteiger charge is -2.23. The van der Waals surface area contributed by atoms with Crippen molar-refractivity contribution in [2.24, 2.45) is 4.99 Å². The van der Waals surface area contributed by atoms with Gasteiger partial charge in [-0.1, -0.05) is 36.4 Å². The molecule has 2 amide bonds. The molecular weight excluding hydrogens is 418 g/mol. The number of nitrogens with zero attached hydrogens (tertiary/aromatic N) is 2. The second-order valence-electron chi connectivity index (χ2n) is 5.99. The number of halogens is 5. The zero-order chi connectivity index (χ0) is 20.5. The number of anilines is 2. The number of carbonyl (C=O) groups excluding carboxylic acids is 1. The first-order valence-corrected chi connectivity index (χ1v) is 9.35. The smallest absolute Gasteiger partial charge is 0.307 e. The molecule has 1 heterocycles. The number of alkyl halides is 3. The van der Waals surface area contributed by atoms with Crippen LogP contribution in [0.25, 0.3) is 0 Å². The molecule has 28 heavy (non-hydrogen) atoms. The molecule has 0 radical (unpaired) electrons. The van der Waals surface area contributed by atoms with Crippen LogP contribution in [-0.2, 0) is 6.18 Å². The minimum atomic E-state index is -4.56. The minimum Gasteiger partial charge on any atom is -0.307 e. The van der Waals surface area contributed by atoms with Gasteiger partial charge in [0.2, 0.25) is 0 Å². The second kappa shape index (κ2) is 8.00. The number of rotatable bonds is 2. The largest absolute Gasteiger partial charge is 0.416 e. The van der Waals surface area contributed by atoms with Gasteiger partial charge in [0.25, 0.3) is 0 Å². The minimum absolute atomic E-state index is 0.0147. The van der Waals surface area contributed by atoms with Gasteiger partial charge < -0.3 is 5.32 Å². The van der Waals surface area contributed by atoms with Gasteiger partial charge in [0.05, 0.1) is 22.8 Å². The molecule has 0 saturated carbocycles. The summed E-state index contributed by atoms with van der Waals surface area (Å²) in [5.41, 5.74) is -0.671. The quantitative estimate of drug-likeness (QED) is 0.590. The van der Waals surface area contributed by atoms with E-state index in [1.54, 1.807) is 0 Å². The highest BCUT2D eigenvalue weighted by Crippen LogP contribution is 2.34. The van der Waals surface area contributed by atoms with Gasteiger partial charge in [0, 0.05) is 10.9 Å². The van der Waals surface area contributed by atoms with E-state index in [2.05, 4.69) is 10.3 Å². The standard InChI is InChI=1S/C18H14ClF4N3OS/c1-10-9-24-17(28-10)26(13-4-2-3-11(7-13)18(21,22)23)16(27)25-12-5-6-15(20)14(19)8-12/h2-8,10H,9H2,1H3,(H,25,27)/t10-/m1/s1. The summed E-state index contributed by atoms with van der Waals surface area (Å²) in [5.74, 6) is -0.654. The fourth-order valence-electron chi connectivity index (χ4n) is 2.47. The van der Waals surface area contributed by atoms with Crippen molar-refractivity contribution >= 4 is 45.9 Å². The Morgan fingerprint density at radius 2 is 2.04 bits per heavy atom. The van der Waals surface area contributed by atoms with Crippen LogP contribution < -0.4 is 10.2 Å². The molecule has 0 aliphatic carbocycles. The van der Waals surface area contributed by atoms with Crippen molar-refractivity contribution in [3.63, 3.8) is 0 Å². The molecule has 0 bridgehead atoms. The van der Waals surface area contributed by atoms with Crippen LogP contribution in [0.2, 0.25) is 5.02 Å². The lowest BCUT2D eigenvalue weighted by atomic mass is 10.2. The maximum Gasteiger partial charge on any atom is 0.416 e. The average molecular weight is 432 g/mol. The van der Waals surface area contributed by atoms with E-state index in [0.717, 1.165) is 23.1 Å². The fourth-order valence-corrected chi connectivity index (χ4v) is 3.61. The fraction of sp³-hybridized carbons (Fsp3) is 0.222. The summed E-state index contributed by atoms with van der Waals surface area (Å²) in [6.45, 7) is 2.33. The highest BCUT2D eigenvalue weighted by Gasteiger charge is 2.33. The Kier molecular flexibility index (Phi) is 5.85. The van der Waals surface area contributed by atoms with Gasteiger partial charge in [0.1, 0.15) is 5.82 Å². The summed E-state index contributed by atoms with van der Waals surface area (Å²) in [6.07, 6.45) is -4.56. The molecule has 1 aliphatic heterocycles. The van der Waals surface area contributed by atoms with Gasteiger partial charge in [-0.25, -0.2) is 14.1 Å². The molecule has 2 aromatic carbocycles. The van der Waals surface area contributed by atoms with Crippen molar-refractivity contribution in [3.05, 3.63) is 58.9 Å². The molecule has 3 rings (SSSR count). The molecule has 0 unspecified atom stereocenters. The first-order chi connectivity index (χ1) is 13.1. The van der Waals surface area contributed by atoms with Crippen LogP contribution in [0.4, 0.5) is 33.7 Å². The van der Waals surface area contributed by atoms with E-state index in [0.29, 0.717) is 6.54 Å². The molecule has 1 atom stereocenters. The summed E-state index contributed by atoms with van der Waals surface area (Å²) < 4.78 is 52.6. The zero-order valence-corrected chi connectivity index (χ0v) is 16.0. The number of hydrogen-bond donors (Lipinski definition) is 1. The Morgan fingerprint density at radius 1 is 1.29 bits per heavy atom. The van der Waals surface area contributed by atoms with Crippen LogP contribution in [0.1, 0.15) is 12.5 Å². The van der Waals surface area contributed by atoms with Crippen LogP contribution in [0.3, 0.4) is 0 Å². The molecule has 0 aromatic heterocycles. The number of carbonyl (C=O) groups is 1. The van der Waals surface area contributed by atoms with Gasteiger partial charge >= 0.3 is 12.2 Å². The molecule has 0 fully saturated rings. The van der Waals surface area contributed by atoms with E-state index < -0.39 is 23.6 Å². The topological polar surface area (TPSA) is 44.7 Å². The van der Waals surface area contributed by atoms with E-state index in [-0.39, 0.29) is 26.8 Å². The monoisotopic (exact) mass is 431 g/mol. The Hall–Kier alpha value is -2.26. The molecule has 0 spiro atoms. The van der Waals surface area contributed by atoms with E-state index in [1.807, 2.05) is 6.92 Å². The number of amidine groups is 1. The lowest BCUT2D eigenvalue weighted by molar-refractivity contribution is -0.137. The highest BCUT2D eigenvalue weighted by atomic mass is 35.5. The van der Waals surface area contributed by atoms with Crippen molar-refractivity contribution in [2.75, 3.05) is 16.8 Å². The Labute approximate surface area is 167 Å². The number of nitrogens with one attached hydrogen (secondary N) is 1. The molecule has 148 valence electrons. The predicted molar refractivity (Wildman–Crippen MR) is 104 cm³/mol. The summed E-state index contributed by atoms with van der Waals surface area (Å²) in [5, 5.41) is 2.68. The Bertz CT molecular complexity index is 935. The first kappa shape index (κ1) is 20.5. The SMILES string of the molecule is C[C@@H]1CN=C(N(C(=O)Nc2ccc(F)c(Cl)c2)c2cccc(C(F)(F)F)c2)S1. The zero-order valence-electron chi connectivity index (χ0n) is 14.4. The van der Waals surface area contributed by atoms with Gasteiger partial charge in [-0.05, 0) is 36.4 Å². The van der Waals surface area contributed by atoms with Crippen molar-refractivity contribution in [1.29, 1.82) is 0 Å². The number of benzene rings is 2. The molecule has 1 aliphatic rings. The molecule has 0 saturated heterocycles. The third-order valence-corrected chi connectivity index (χ3v) is 5.15. The van der Waals surface area contributed by atoms with Crippen molar-refractivity contribution in [3.8, 4) is 0 Å². The van der Waals surface area contributed by atoms with Crippen LogP contribution >= 0.6 is 23.4 Å². The summed E-state index contributed by atoms with van der Waals surface area (Å²) in [6, 6.07) is 7.27. The first-order valence-electron chi connectivity index (χ1n) is 8.09. The van der Waals surface area contributed by atoms with Crippen LogP contribution in [-0.4, -0.2) is 23.0 Å². The number of thioether (sulfide) groups is 1. The van der Waals surface area contributed by atoms with E-state index in [4.69, 9.17) is 11.6 Å². The average Bonchev–Trinajstić information content (AvgIpc) is 3.04. The molecule has 1 N–H and O–H groups in total. The second-order valence-corrected chi connectivity index (χ2v) is 7.81. The number of urea groups is 1. The van der Waals surface area contributed by atoms with Crippen molar-refractivity contribution in [1.82, 2.24) is 0 Å². The van der Waals surface area contributed by atoms with E-state index >= 15 is 0 Å². The maximum absolute atomic E-state index is 13.3. The van der Waals surface area contributed by atoms with E-state index in [1.165, 1.54) is 36.0 Å². The van der Waals surface area contributed by atoms with Gasteiger partial charge in [-0.15, -0.1) is 0 Å². The van der Waals surface area contributed by atoms with Crippen LogP contribution in [0, 0.1) is 5.82 Å². The highest BCUT2D eigenvalue weighted by molar-refractivity contribution is 8.15. The molecular formula is C18H14ClF4N3OS. The maximum atomic E-state index is 13.3. The van der Waals surface area contributed by atoms with Gasteiger partial charge in [-0.2, -0.15) is 13.2 Å². The Morgan fingerprint density at radius 3 is 2.64 bits per heavy atom. The number of hydrogen-bond acceptors (Lipinski definition) is 3. The number of aliphatic imine (C=N–C) groups is 1. The summed E-state index contributed by atoms with van der Waals surface area (Å²) in [7, 11) is 0. The van der Waals surface area contributed by atoms with Gasteiger partial charge in [0.15, 0.2) is 5.17 Å². The molecule has 10 heteroatoms. The van der Waals surface area contributed by atoms with E-state index in [9.17, 15) is 22.4 Å². The van der Waals surface area contributed by atoms with Crippen molar-refractivity contribution in [2.45, 2.75) is 18.3 Å². The molecule has 2 aromatic rings. The third kappa shape index (κ3) is 4.59. The van der Waals surface area contributed by atoms with Crippen LogP contribution in [0.5, 0.6) is 0 Å². The summed E-state index contributed by atoms with van der Waals surface area (Å²) >= 11 is 6.99. The third-order valence-electron chi connectivity index (χ3n) is 3.79. The van der Waals surface area contributed by atoms with Gasteiger partial charge in [-0.3, -0.25) is 4.99 Å². The Balaban J connectivity index is 1.95. The lowest BCUT2D eigenvalue weighted by Crippen LogP contribution is -2.38. The summed E-state index contributed by atoms with van der Waals surface area (Å²) in [4.78, 5) is 18.2. The molecule has 4 nitrogen and oxygen atoms in total. The number of amides is 2. The normalized spacial score (nSPS) is 16.6. The van der Waals surface area contributed by atoms with Crippen molar-refractivity contribution < 1.29 is 22.4 Å². The predicted octanol–water partition coefficient (Wildman–Crippen LogP) is 6.03.